The summed E-state index contributed by atoms with van der Waals surface area (Å²) in [4.78, 5) is 4.77. The molecule has 0 N–H and O–H groups in total. The molecule has 0 saturated carbocycles. The molecule has 4 nitrogen and oxygen atoms in total. The predicted molar refractivity (Wildman–Crippen MR) is 84.2 cm³/mol. The molecule has 2 aromatic rings. The van der Waals surface area contributed by atoms with E-state index in [0.717, 1.165) is 42.1 Å². The van der Waals surface area contributed by atoms with Gasteiger partial charge in [0.15, 0.2) is 5.65 Å². The molecule has 2 rings (SSSR count). The van der Waals surface area contributed by atoms with Crippen molar-refractivity contribution in [3.8, 4) is 0 Å². The van der Waals surface area contributed by atoms with E-state index in [1.54, 1.807) is 0 Å². The van der Waals surface area contributed by atoms with E-state index in [1.165, 1.54) is 0 Å². The Kier molecular flexibility index (Phi) is 4.14. The summed E-state index contributed by atoms with van der Waals surface area (Å²) in [7, 11) is 1.99. The third kappa shape index (κ3) is 2.58. The van der Waals surface area contributed by atoms with Gasteiger partial charge in [-0.1, -0.05) is 27.7 Å². The van der Waals surface area contributed by atoms with Crippen molar-refractivity contribution in [2.45, 2.75) is 59.4 Å². The van der Waals surface area contributed by atoms with Gasteiger partial charge in [-0.15, -0.1) is 11.6 Å². The largest absolute Gasteiger partial charge is 0.311 e. The zero-order valence-corrected chi connectivity index (χ0v) is 14.1. The molecule has 0 aliphatic heterocycles. The maximum absolute atomic E-state index is 6.34. The van der Waals surface area contributed by atoms with Crippen LogP contribution in [0.15, 0.2) is 0 Å². The Morgan fingerprint density at radius 3 is 2.45 bits per heavy atom. The summed E-state index contributed by atoms with van der Waals surface area (Å²) in [6, 6.07) is 0. The Hall–Kier alpha value is -1.03. The number of hydrogen-bond acceptors (Lipinski definition) is 2. The highest BCUT2D eigenvalue weighted by Gasteiger charge is 2.25. The number of halogens is 1. The Morgan fingerprint density at radius 1 is 1.30 bits per heavy atom. The fourth-order valence-electron chi connectivity index (χ4n) is 2.50. The van der Waals surface area contributed by atoms with Gasteiger partial charge in [0.25, 0.3) is 0 Å². The summed E-state index contributed by atoms with van der Waals surface area (Å²) in [5.74, 6) is 0.950. The van der Waals surface area contributed by atoms with Crippen molar-refractivity contribution in [2.75, 3.05) is 0 Å². The van der Waals surface area contributed by atoms with Crippen molar-refractivity contribution in [3.63, 3.8) is 0 Å². The molecule has 0 aliphatic carbocycles. The first-order valence-electron chi connectivity index (χ1n) is 7.36. The molecule has 0 saturated heterocycles. The van der Waals surface area contributed by atoms with Crippen LogP contribution in [0.3, 0.4) is 0 Å². The minimum absolute atomic E-state index is 0.0974. The second-order valence-electron chi connectivity index (χ2n) is 6.29. The minimum atomic E-state index is -0.0974. The van der Waals surface area contributed by atoms with Crippen molar-refractivity contribution in [1.82, 2.24) is 19.3 Å². The SMILES string of the molecule is CCc1nn(C)c2c1nc(C(C)Cl)n2CC(C)(C)CC. The minimum Gasteiger partial charge on any atom is -0.311 e. The molecule has 1 atom stereocenters. The maximum Gasteiger partial charge on any atom is 0.158 e. The lowest BCUT2D eigenvalue weighted by molar-refractivity contribution is 0.292. The van der Waals surface area contributed by atoms with Crippen LogP contribution >= 0.6 is 11.6 Å². The highest BCUT2D eigenvalue weighted by atomic mass is 35.5. The van der Waals surface area contributed by atoms with Crippen LogP contribution in [-0.2, 0) is 20.0 Å². The van der Waals surface area contributed by atoms with Gasteiger partial charge >= 0.3 is 0 Å². The van der Waals surface area contributed by atoms with Gasteiger partial charge in [0.05, 0.1) is 11.1 Å². The average Bonchev–Trinajstić information content (AvgIpc) is 2.88. The zero-order valence-electron chi connectivity index (χ0n) is 13.4. The van der Waals surface area contributed by atoms with E-state index in [0.29, 0.717) is 0 Å². The summed E-state index contributed by atoms with van der Waals surface area (Å²) >= 11 is 6.34. The first-order chi connectivity index (χ1) is 9.30. The molecule has 112 valence electrons. The topological polar surface area (TPSA) is 35.6 Å². The second-order valence-corrected chi connectivity index (χ2v) is 6.94. The molecule has 0 aromatic carbocycles. The van der Waals surface area contributed by atoms with Gasteiger partial charge in [-0.3, -0.25) is 4.68 Å². The number of nitrogens with zero attached hydrogens (tertiary/aromatic N) is 4. The van der Waals surface area contributed by atoms with Crippen LogP contribution in [-0.4, -0.2) is 19.3 Å². The summed E-state index contributed by atoms with van der Waals surface area (Å²) in [6.07, 6.45) is 2.00. The molecule has 0 aliphatic rings. The van der Waals surface area contributed by atoms with E-state index in [9.17, 15) is 0 Å². The van der Waals surface area contributed by atoms with Crippen LogP contribution in [0.4, 0.5) is 0 Å². The molecule has 0 fully saturated rings. The van der Waals surface area contributed by atoms with Gasteiger partial charge in [-0.2, -0.15) is 5.10 Å². The number of alkyl halides is 1. The fourth-order valence-corrected chi connectivity index (χ4v) is 2.66. The maximum atomic E-state index is 6.34. The van der Waals surface area contributed by atoms with Crippen LogP contribution in [0.25, 0.3) is 11.2 Å². The fraction of sp³-hybridized carbons (Fsp3) is 0.733. The lowest BCUT2D eigenvalue weighted by Crippen LogP contribution is -2.21. The lowest BCUT2D eigenvalue weighted by Gasteiger charge is -2.25. The van der Waals surface area contributed by atoms with Gasteiger partial charge in [0.2, 0.25) is 0 Å². The normalized spacial score (nSPS) is 14.2. The Balaban J connectivity index is 2.65. The molecule has 0 radical (unpaired) electrons. The average molecular weight is 297 g/mol. The van der Waals surface area contributed by atoms with Crippen molar-refractivity contribution in [1.29, 1.82) is 0 Å². The van der Waals surface area contributed by atoms with Crippen molar-refractivity contribution in [2.24, 2.45) is 12.5 Å². The summed E-state index contributed by atoms with van der Waals surface area (Å²) < 4.78 is 4.19. The first-order valence-corrected chi connectivity index (χ1v) is 7.80. The summed E-state index contributed by atoms with van der Waals surface area (Å²) in [6.45, 7) is 11.8. The zero-order chi connectivity index (χ0) is 15.1. The van der Waals surface area contributed by atoms with Gasteiger partial charge < -0.3 is 4.57 Å². The third-order valence-corrected chi connectivity index (χ3v) is 4.25. The van der Waals surface area contributed by atoms with Crippen LogP contribution in [0, 0.1) is 5.41 Å². The predicted octanol–water partition coefficient (Wildman–Crippen LogP) is 4.07. The van der Waals surface area contributed by atoms with Crippen LogP contribution in [0.5, 0.6) is 0 Å². The molecule has 1 unspecified atom stereocenters. The van der Waals surface area contributed by atoms with Gasteiger partial charge in [-0.05, 0) is 25.2 Å². The number of fused-ring (bicyclic) bond motifs is 1. The van der Waals surface area contributed by atoms with Crippen LogP contribution in [0.1, 0.15) is 57.9 Å². The number of rotatable bonds is 5. The van der Waals surface area contributed by atoms with Crippen molar-refractivity contribution < 1.29 is 0 Å². The molecule has 0 bridgehead atoms. The van der Waals surface area contributed by atoms with Crippen molar-refractivity contribution in [3.05, 3.63) is 11.5 Å². The number of hydrogen-bond donors (Lipinski definition) is 0. The second kappa shape index (κ2) is 5.40. The highest BCUT2D eigenvalue weighted by Crippen LogP contribution is 2.31. The van der Waals surface area contributed by atoms with Gasteiger partial charge in [-0.25, -0.2) is 4.98 Å². The van der Waals surface area contributed by atoms with Gasteiger partial charge in [0.1, 0.15) is 11.3 Å². The van der Waals surface area contributed by atoms with Crippen LogP contribution in [0.2, 0.25) is 0 Å². The Labute approximate surface area is 126 Å². The number of aromatic nitrogens is 4. The van der Waals surface area contributed by atoms with E-state index in [2.05, 4.69) is 37.4 Å². The van der Waals surface area contributed by atoms with E-state index >= 15 is 0 Å². The molecule has 2 heterocycles. The first kappa shape index (κ1) is 15.4. The lowest BCUT2D eigenvalue weighted by atomic mass is 9.90. The summed E-state index contributed by atoms with van der Waals surface area (Å²) in [5, 5.41) is 4.48. The number of aryl methyl sites for hydroxylation is 2. The van der Waals surface area contributed by atoms with Crippen LogP contribution < -0.4 is 0 Å². The quantitative estimate of drug-likeness (QED) is 0.780. The van der Waals surface area contributed by atoms with E-state index in [1.807, 2.05) is 18.7 Å². The third-order valence-electron chi connectivity index (χ3n) is 4.05. The molecule has 2 aromatic heterocycles. The highest BCUT2D eigenvalue weighted by molar-refractivity contribution is 6.20. The smallest absolute Gasteiger partial charge is 0.158 e. The molecular formula is C15H25ClN4. The van der Waals surface area contributed by atoms with E-state index in [-0.39, 0.29) is 10.8 Å². The Morgan fingerprint density at radius 2 is 1.95 bits per heavy atom. The van der Waals surface area contributed by atoms with E-state index in [4.69, 9.17) is 16.6 Å². The van der Waals surface area contributed by atoms with E-state index < -0.39 is 0 Å². The monoisotopic (exact) mass is 296 g/mol. The van der Waals surface area contributed by atoms with Gasteiger partial charge in [0, 0.05) is 13.6 Å². The van der Waals surface area contributed by atoms with Crippen molar-refractivity contribution >= 4 is 22.8 Å². The molecule has 0 spiro atoms. The summed E-state index contributed by atoms with van der Waals surface area (Å²) in [5.41, 5.74) is 3.36. The Bertz CT molecular complexity index is 607. The molecule has 5 heteroatoms. The molecule has 0 amide bonds. The molecule has 20 heavy (non-hydrogen) atoms. The standard InChI is InChI=1S/C15H25ClN4/c1-7-11-12-14(19(6)18-11)20(9-15(4,5)8-2)13(17-12)10(3)16/h10H,7-9H2,1-6H3. The molecular weight excluding hydrogens is 272 g/mol. The number of imidazole rings is 1.